The van der Waals surface area contributed by atoms with Gasteiger partial charge in [-0.3, -0.25) is 9.69 Å². The van der Waals surface area contributed by atoms with E-state index in [0.29, 0.717) is 6.54 Å². The lowest BCUT2D eigenvalue weighted by Crippen LogP contribution is -2.74. The van der Waals surface area contributed by atoms with Gasteiger partial charge in [0.2, 0.25) is 5.91 Å². The molecule has 0 unspecified atom stereocenters. The van der Waals surface area contributed by atoms with Crippen LogP contribution in [0, 0.1) is 0 Å². The lowest BCUT2D eigenvalue weighted by Gasteiger charge is -2.49. The highest BCUT2D eigenvalue weighted by Crippen LogP contribution is 2.36. The molecule has 2 aliphatic rings. The number of amides is 1. The van der Waals surface area contributed by atoms with Crippen molar-refractivity contribution in [2.45, 2.75) is 37.6 Å². The van der Waals surface area contributed by atoms with Gasteiger partial charge in [0.05, 0.1) is 12.4 Å². The van der Waals surface area contributed by atoms with E-state index in [2.05, 4.69) is 5.32 Å². The van der Waals surface area contributed by atoms with Gasteiger partial charge in [0, 0.05) is 5.57 Å². The average Bonchev–Trinajstić information content (AvgIpc) is 2.45. The lowest BCUT2D eigenvalue weighted by molar-refractivity contribution is -0.149. The fourth-order valence-electron chi connectivity index (χ4n) is 2.83. The molecule has 1 fully saturated rings. The second kappa shape index (κ2) is 6.35. The monoisotopic (exact) mass is 332 g/mol. The summed E-state index contributed by atoms with van der Waals surface area (Å²) in [5.41, 5.74) is -0.555. The summed E-state index contributed by atoms with van der Waals surface area (Å²) in [6.07, 6.45) is 2.78. The van der Waals surface area contributed by atoms with E-state index in [1.54, 1.807) is 0 Å². The number of rotatable bonds is 7. The number of aliphatic carboxylic acids is 1. The Labute approximate surface area is 128 Å². The molecule has 3 N–H and O–H groups in total. The smallest absolute Gasteiger partial charge is 0.352 e. The van der Waals surface area contributed by atoms with Gasteiger partial charge in [-0.05, 0) is 13.0 Å². The van der Waals surface area contributed by atoms with E-state index in [1.807, 2.05) is 6.92 Å². The van der Waals surface area contributed by atoms with Crippen LogP contribution in [0.5, 0.6) is 0 Å². The van der Waals surface area contributed by atoms with Crippen molar-refractivity contribution in [3.8, 4) is 0 Å². The average molecular weight is 332 g/mol. The molecule has 0 aliphatic carbocycles. The number of carbonyl (C=O) groups excluding carboxylic acids is 1. The van der Waals surface area contributed by atoms with Gasteiger partial charge in [-0.15, -0.1) is 0 Å². The summed E-state index contributed by atoms with van der Waals surface area (Å²) in [5, 5.41) is 20.1. The fourth-order valence-corrected chi connectivity index (χ4v) is 4.87. The predicted octanol–water partition coefficient (Wildman–Crippen LogP) is -0.937. The molecule has 9 heteroatoms. The quantitative estimate of drug-likeness (QED) is 0.406. The van der Waals surface area contributed by atoms with Crippen molar-refractivity contribution in [3.05, 3.63) is 11.3 Å². The number of β-lactam (4-membered cyclic amide) rings is 1. The van der Waals surface area contributed by atoms with Gasteiger partial charge >= 0.3 is 5.97 Å². The molecule has 0 aromatic rings. The summed E-state index contributed by atoms with van der Waals surface area (Å²) in [5.74, 6) is -2.51. The molecule has 22 heavy (non-hydrogen) atoms. The number of hydrogen-bond acceptors (Lipinski definition) is 6. The number of unbranched alkanes of at least 4 members (excludes halogenated alkanes) is 2. The molecule has 0 aromatic heterocycles. The second-order valence-electron chi connectivity index (χ2n) is 5.46. The van der Waals surface area contributed by atoms with Gasteiger partial charge in [0.25, 0.3) is 0 Å². The number of sulfone groups is 1. The van der Waals surface area contributed by atoms with E-state index < -0.39 is 51.2 Å². The van der Waals surface area contributed by atoms with Gasteiger partial charge in [-0.2, -0.15) is 0 Å². The topological polar surface area (TPSA) is 124 Å². The highest BCUT2D eigenvalue weighted by atomic mass is 32.2. The first-order chi connectivity index (χ1) is 10.3. The number of aliphatic hydroxyl groups is 1. The molecule has 0 aromatic carbocycles. The van der Waals surface area contributed by atoms with E-state index in [4.69, 9.17) is 0 Å². The highest BCUT2D eigenvalue weighted by molar-refractivity contribution is 7.92. The van der Waals surface area contributed by atoms with Crippen LogP contribution in [0.15, 0.2) is 11.3 Å². The predicted molar refractivity (Wildman–Crippen MR) is 77.5 cm³/mol. The van der Waals surface area contributed by atoms with Gasteiger partial charge in [0.15, 0.2) is 15.2 Å². The standard InChI is InChI=1S/C13H20N2O6S/c1-2-3-4-5-14-9-11(17)15-10(13(18)19)8(6-16)7-22(20,21)12(9)15/h9,12,14,16H,2-7H2,1H3,(H,18,19)/t9-,12-/m0/s1. The van der Waals surface area contributed by atoms with Crippen molar-refractivity contribution < 1.29 is 28.2 Å². The van der Waals surface area contributed by atoms with Gasteiger partial charge < -0.3 is 15.5 Å². The van der Waals surface area contributed by atoms with Crippen molar-refractivity contribution in [3.63, 3.8) is 0 Å². The molecule has 2 atom stereocenters. The number of aliphatic hydroxyl groups excluding tert-OH is 1. The van der Waals surface area contributed by atoms with Crippen LogP contribution in [0.4, 0.5) is 0 Å². The van der Waals surface area contributed by atoms with Crippen molar-refractivity contribution in [2.75, 3.05) is 18.9 Å². The number of nitrogens with one attached hydrogen (secondary N) is 1. The zero-order chi connectivity index (χ0) is 16.5. The Bertz CT molecular complexity index is 612. The van der Waals surface area contributed by atoms with Crippen LogP contribution in [0.25, 0.3) is 0 Å². The Balaban J connectivity index is 2.23. The number of fused-ring (bicyclic) bond motifs is 1. The minimum Gasteiger partial charge on any atom is -0.477 e. The molecule has 124 valence electrons. The summed E-state index contributed by atoms with van der Waals surface area (Å²) in [6, 6.07) is -0.906. The van der Waals surface area contributed by atoms with Crippen LogP contribution in [0.1, 0.15) is 26.2 Å². The summed E-state index contributed by atoms with van der Waals surface area (Å²) >= 11 is 0. The van der Waals surface area contributed by atoms with Crippen LogP contribution in [-0.2, 0) is 19.4 Å². The van der Waals surface area contributed by atoms with Crippen LogP contribution in [0.2, 0.25) is 0 Å². The molecule has 2 aliphatic heterocycles. The fraction of sp³-hybridized carbons (Fsp3) is 0.692. The Hall–Kier alpha value is -1.45. The highest BCUT2D eigenvalue weighted by Gasteiger charge is 2.59. The summed E-state index contributed by atoms with van der Waals surface area (Å²) in [4.78, 5) is 24.2. The molecule has 2 heterocycles. The van der Waals surface area contributed by atoms with Gasteiger partial charge in [0.1, 0.15) is 11.7 Å². The van der Waals surface area contributed by atoms with Crippen LogP contribution < -0.4 is 5.32 Å². The van der Waals surface area contributed by atoms with Crippen LogP contribution in [-0.4, -0.2) is 65.7 Å². The first-order valence-electron chi connectivity index (χ1n) is 7.19. The maximum Gasteiger partial charge on any atom is 0.352 e. The third-order valence-electron chi connectivity index (χ3n) is 3.90. The third kappa shape index (κ3) is 2.75. The van der Waals surface area contributed by atoms with Crippen molar-refractivity contribution in [1.82, 2.24) is 10.2 Å². The molecule has 8 nitrogen and oxygen atoms in total. The maximum absolute atomic E-state index is 12.3. The minimum absolute atomic E-state index is 0.151. The summed E-state index contributed by atoms with van der Waals surface area (Å²) < 4.78 is 24.5. The summed E-state index contributed by atoms with van der Waals surface area (Å²) in [7, 11) is -3.71. The molecule has 1 saturated heterocycles. The zero-order valence-corrected chi connectivity index (χ0v) is 13.1. The maximum atomic E-state index is 12.3. The van der Waals surface area contributed by atoms with E-state index in [9.17, 15) is 28.2 Å². The van der Waals surface area contributed by atoms with E-state index in [1.165, 1.54) is 0 Å². The van der Waals surface area contributed by atoms with Crippen LogP contribution >= 0.6 is 0 Å². The molecular formula is C13H20N2O6S. The normalized spacial score (nSPS) is 26.6. The SMILES string of the molecule is CCCCCN[C@H]1C(=O)N2C(C(=O)O)=C(CO)CS(=O)(=O)[C@@H]12. The zero-order valence-electron chi connectivity index (χ0n) is 12.3. The molecule has 1 amide bonds. The van der Waals surface area contributed by atoms with Gasteiger partial charge in [-0.25, -0.2) is 13.2 Å². The Kier molecular flexibility index (Phi) is 4.88. The van der Waals surface area contributed by atoms with Crippen molar-refractivity contribution in [1.29, 1.82) is 0 Å². The Morgan fingerprint density at radius 2 is 2.09 bits per heavy atom. The van der Waals surface area contributed by atoms with Gasteiger partial charge in [-0.1, -0.05) is 19.8 Å². The van der Waals surface area contributed by atoms with E-state index in [-0.39, 0.29) is 5.57 Å². The molecule has 0 spiro atoms. The Morgan fingerprint density at radius 1 is 1.41 bits per heavy atom. The molecular weight excluding hydrogens is 312 g/mol. The first kappa shape index (κ1) is 16.9. The molecule has 0 radical (unpaired) electrons. The Morgan fingerprint density at radius 3 is 2.64 bits per heavy atom. The number of hydrogen-bond donors (Lipinski definition) is 3. The number of carboxylic acids is 1. The van der Waals surface area contributed by atoms with Crippen LogP contribution in [0.3, 0.4) is 0 Å². The molecule has 0 bridgehead atoms. The largest absolute Gasteiger partial charge is 0.477 e. The lowest BCUT2D eigenvalue weighted by atomic mass is 10.0. The van der Waals surface area contributed by atoms with Crippen molar-refractivity contribution in [2.24, 2.45) is 0 Å². The number of carbonyl (C=O) groups is 2. The first-order valence-corrected chi connectivity index (χ1v) is 8.91. The molecule has 2 rings (SSSR count). The third-order valence-corrected chi connectivity index (χ3v) is 5.87. The summed E-state index contributed by atoms with van der Waals surface area (Å²) in [6.45, 7) is 1.83. The van der Waals surface area contributed by atoms with E-state index >= 15 is 0 Å². The molecule has 0 saturated carbocycles. The number of nitrogens with zero attached hydrogens (tertiary/aromatic N) is 1. The number of carboxylic acid groups (broad SMARTS) is 1. The second-order valence-corrected chi connectivity index (χ2v) is 7.56. The minimum atomic E-state index is -3.71. The van der Waals surface area contributed by atoms with Crippen molar-refractivity contribution >= 4 is 21.7 Å². The van der Waals surface area contributed by atoms with E-state index in [0.717, 1.165) is 24.2 Å².